The Balaban J connectivity index is 1.45. The van der Waals surface area contributed by atoms with Crippen LogP contribution in [0.5, 0.6) is 0 Å². The number of carbonyl (C=O) groups is 2. The van der Waals surface area contributed by atoms with Crippen LogP contribution in [0.15, 0.2) is 29.2 Å². The Morgan fingerprint density at radius 3 is 2.67 bits per heavy atom. The molecule has 0 spiro atoms. The van der Waals surface area contributed by atoms with Crippen LogP contribution in [0.4, 0.5) is 0 Å². The van der Waals surface area contributed by atoms with Gasteiger partial charge in [-0.3, -0.25) is 23.8 Å². The third kappa shape index (κ3) is 3.88. The van der Waals surface area contributed by atoms with Crippen molar-refractivity contribution in [2.75, 3.05) is 13.1 Å². The molecule has 2 fully saturated rings. The van der Waals surface area contributed by atoms with Gasteiger partial charge in [-0.25, -0.2) is 4.68 Å². The number of rotatable bonds is 8. The molecule has 2 aliphatic heterocycles. The first kappa shape index (κ1) is 20.7. The van der Waals surface area contributed by atoms with Gasteiger partial charge in [0.05, 0.1) is 5.52 Å². The average Bonchev–Trinajstić information content (AvgIpc) is 3.25. The van der Waals surface area contributed by atoms with Crippen molar-refractivity contribution in [2.45, 2.75) is 70.1 Å². The highest BCUT2D eigenvalue weighted by Gasteiger charge is 2.40. The lowest BCUT2D eigenvalue weighted by Crippen LogP contribution is -2.51. The molecule has 162 valence electrons. The molecule has 30 heavy (non-hydrogen) atoms. The number of carbonyl (C=O) groups excluding carboxylic acids is 2. The van der Waals surface area contributed by atoms with E-state index < -0.39 is 0 Å². The molecule has 0 radical (unpaired) electrons. The molecule has 2 aromatic heterocycles. The van der Waals surface area contributed by atoms with Gasteiger partial charge in [0.2, 0.25) is 6.41 Å². The van der Waals surface area contributed by atoms with Gasteiger partial charge in [-0.2, -0.15) is 0 Å². The molecule has 4 heterocycles. The third-order valence-electron chi connectivity index (χ3n) is 6.50. The topological polar surface area (TPSA) is 87.8 Å². The Labute approximate surface area is 176 Å². The molecule has 0 aromatic carbocycles. The minimum atomic E-state index is -0.272. The molecular formula is C22H31N5O3. The Hall–Kier alpha value is -2.61. The number of nitrogens with one attached hydrogen (secondary N) is 2. The molecule has 0 aliphatic carbocycles. The number of fused-ring (bicyclic) bond motifs is 3. The molecule has 8 nitrogen and oxygen atoms in total. The van der Waals surface area contributed by atoms with Gasteiger partial charge in [0.1, 0.15) is 5.56 Å². The highest BCUT2D eigenvalue weighted by molar-refractivity contribution is 5.95. The zero-order valence-corrected chi connectivity index (χ0v) is 17.7. The van der Waals surface area contributed by atoms with Gasteiger partial charge in [-0.05, 0) is 64.2 Å². The van der Waals surface area contributed by atoms with Crippen LogP contribution in [0.25, 0.3) is 5.52 Å². The fraction of sp³-hybridized carbons (Fsp3) is 0.591. The average molecular weight is 414 g/mol. The van der Waals surface area contributed by atoms with Crippen molar-refractivity contribution in [3.8, 4) is 0 Å². The predicted octanol–water partition coefficient (Wildman–Crippen LogP) is 1.54. The van der Waals surface area contributed by atoms with Crippen molar-refractivity contribution in [1.82, 2.24) is 24.7 Å². The van der Waals surface area contributed by atoms with E-state index in [9.17, 15) is 14.4 Å². The zero-order valence-electron chi connectivity index (χ0n) is 17.7. The summed E-state index contributed by atoms with van der Waals surface area (Å²) in [6.45, 7) is 5.56. The van der Waals surface area contributed by atoms with Crippen LogP contribution < -0.4 is 16.2 Å². The number of aromatic nitrogens is 2. The number of piperidine rings is 1. The molecule has 0 saturated carbocycles. The summed E-state index contributed by atoms with van der Waals surface area (Å²) in [6.07, 6.45) is 7.65. The van der Waals surface area contributed by atoms with Gasteiger partial charge in [-0.15, -0.1) is 0 Å². The van der Waals surface area contributed by atoms with E-state index >= 15 is 0 Å². The third-order valence-corrected chi connectivity index (χ3v) is 6.50. The van der Waals surface area contributed by atoms with Gasteiger partial charge in [0, 0.05) is 43.5 Å². The summed E-state index contributed by atoms with van der Waals surface area (Å²) < 4.78 is 3.44. The van der Waals surface area contributed by atoms with Crippen LogP contribution in [0, 0.1) is 0 Å². The largest absolute Gasteiger partial charge is 0.359 e. The molecule has 2 saturated heterocycles. The molecule has 2 aliphatic rings. The Kier molecular flexibility index (Phi) is 5.94. The van der Waals surface area contributed by atoms with Gasteiger partial charge in [-0.1, -0.05) is 0 Å². The highest BCUT2D eigenvalue weighted by Crippen LogP contribution is 2.35. The number of nitrogens with zero attached hydrogens (tertiary/aromatic N) is 3. The monoisotopic (exact) mass is 413 g/mol. The van der Waals surface area contributed by atoms with Crippen LogP contribution in [0.3, 0.4) is 0 Å². The molecule has 2 bridgehead atoms. The van der Waals surface area contributed by atoms with Crippen molar-refractivity contribution in [2.24, 2.45) is 0 Å². The van der Waals surface area contributed by atoms with Crippen LogP contribution in [0.2, 0.25) is 0 Å². The van der Waals surface area contributed by atoms with E-state index in [0.717, 1.165) is 50.6 Å². The van der Waals surface area contributed by atoms with Crippen LogP contribution in [0.1, 0.15) is 62.4 Å². The van der Waals surface area contributed by atoms with Crippen LogP contribution in [-0.2, 0) is 4.79 Å². The first-order valence-electron chi connectivity index (χ1n) is 11.0. The summed E-state index contributed by atoms with van der Waals surface area (Å²) in [5.41, 5.74) is 0.797. The Bertz CT molecular complexity index is 965. The van der Waals surface area contributed by atoms with E-state index in [1.54, 1.807) is 10.7 Å². The molecule has 2 atom stereocenters. The van der Waals surface area contributed by atoms with E-state index in [-0.39, 0.29) is 29.1 Å². The zero-order chi connectivity index (χ0) is 21.3. The lowest BCUT2D eigenvalue weighted by Gasteiger charge is -2.39. The Morgan fingerprint density at radius 1 is 1.27 bits per heavy atom. The summed E-state index contributed by atoms with van der Waals surface area (Å²) >= 11 is 0. The highest BCUT2D eigenvalue weighted by atomic mass is 16.2. The minimum Gasteiger partial charge on any atom is -0.359 e. The van der Waals surface area contributed by atoms with Gasteiger partial charge >= 0.3 is 0 Å². The van der Waals surface area contributed by atoms with Gasteiger partial charge in [0.15, 0.2) is 0 Å². The standard InChI is InChI=1S/C22H31N5O3/c1-15(2)27-22(30)20(13-19-5-3-10-26(19)27)21(29)24-16-11-17-6-7-18(12-16)25(17)9-4-8-23-14-28/h3,5,10,13-18H,4,6-9,11-12H2,1-2H3,(H,23,28)(H,24,29). The maximum atomic E-state index is 13.0. The van der Waals surface area contributed by atoms with Crippen molar-refractivity contribution >= 4 is 17.8 Å². The smallest absolute Gasteiger partial charge is 0.278 e. The molecule has 8 heteroatoms. The minimum absolute atomic E-state index is 0.0482. The second-order valence-electron chi connectivity index (χ2n) is 8.77. The molecule has 2 amide bonds. The van der Waals surface area contributed by atoms with Crippen LogP contribution in [-0.4, -0.2) is 57.6 Å². The van der Waals surface area contributed by atoms with Crippen molar-refractivity contribution < 1.29 is 9.59 Å². The number of amides is 2. The lowest BCUT2D eigenvalue weighted by molar-refractivity contribution is -0.109. The first-order chi connectivity index (χ1) is 14.5. The van der Waals surface area contributed by atoms with E-state index in [4.69, 9.17) is 0 Å². The summed E-state index contributed by atoms with van der Waals surface area (Å²) in [6, 6.07) is 6.46. The summed E-state index contributed by atoms with van der Waals surface area (Å²) in [7, 11) is 0. The van der Waals surface area contributed by atoms with Gasteiger partial charge in [0.25, 0.3) is 11.5 Å². The number of hydrogen-bond donors (Lipinski definition) is 2. The van der Waals surface area contributed by atoms with Crippen molar-refractivity contribution in [3.63, 3.8) is 0 Å². The fourth-order valence-corrected chi connectivity index (χ4v) is 5.22. The quantitative estimate of drug-likeness (QED) is 0.508. The van der Waals surface area contributed by atoms with Crippen molar-refractivity contribution in [1.29, 1.82) is 0 Å². The molecule has 4 rings (SSSR count). The number of hydrogen-bond acceptors (Lipinski definition) is 4. The second kappa shape index (κ2) is 8.63. The maximum absolute atomic E-state index is 13.0. The van der Waals surface area contributed by atoms with E-state index in [1.807, 2.05) is 36.7 Å². The molecule has 2 aromatic rings. The Morgan fingerprint density at radius 2 is 2.00 bits per heavy atom. The van der Waals surface area contributed by atoms with Gasteiger partial charge < -0.3 is 10.6 Å². The summed E-state index contributed by atoms with van der Waals surface area (Å²) in [5.74, 6) is -0.272. The lowest BCUT2D eigenvalue weighted by atomic mass is 9.96. The molecule has 2 unspecified atom stereocenters. The van der Waals surface area contributed by atoms with E-state index in [1.165, 1.54) is 0 Å². The fourth-order valence-electron chi connectivity index (χ4n) is 5.22. The first-order valence-corrected chi connectivity index (χ1v) is 11.0. The van der Waals surface area contributed by atoms with E-state index in [2.05, 4.69) is 15.5 Å². The summed E-state index contributed by atoms with van der Waals surface area (Å²) in [5, 5.41) is 5.87. The summed E-state index contributed by atoms with van der Waals surface area (Å²) in [4.78, 5) is 39.0. The molecular weight excluding hydrogens is 382 g/mol. The normalized spacial score (nSPS) is 23.8. The van der Waals surface area contributed by atoms with Crippen LogP contribution >= 0.6 is 0 Å². The molecule has 2 N–H and O–H groups in total. The maximum Gasteiger partial charge on any atom is 0.278 e. The van der Waals surface area contributed by atoms with E-state index in [0.29, 0.717) is 18.6 Å². The van der Waals surface area contributed by atoms with Crippen molar-refractivity contribution in [3.05, 3.63) is 40.3 Å². The predicted molar refractivity (Wildman–Crippen MR) is 115 cm³/mol. The second-order valence-corrected chi connectivity index (χ2v) is 8.77. The SMILES string of the molecule is CC(C)n1c(=O)c(C(=O)NC2CC3CCC(C2)N3CCCNC=O)cc2cccn21.